The Kier molecular flexibility index (Phi) is 3.26. The van der Waals surface area contributed by atoms with E-state index in [2.05, 4.69) is 17.6 Å². The number of hydrogen-bond donors (Lipinski definition) is 2. The molecular formula is C11H20N2O2. The molecule has 4 nitrogen and oxygen atoms in total. The summed E-state index contributed by atoms with van der Waals surface area (Å²) in [5, 5.41) is 6.43. The topological polar surface area (TPSA) is 50.4 Å². The van der Waals surface area contributed by atoms with Gasteiger partial charge in [0.25, 0.3) is 0 Å². The van der Waals surface area contributed by atoms with Gasteiger partial charge in [-0.1, -0.05) is 13.3 Å². The van der Waals surface area contributed by atoms with Gasteiger partial charge in [0.2, 0.25) is 5.91 Å². The lowest BCUT2D eigenvalue weighted by Crippen LogP contribution is -2.59. The standard InChI is InChI=1S/C11H20N2O2/c1-2-4-11(5-3-6-12-11)10(14)13-9-7-15-8-9/h9,12H,2-8H2,1H3,(H,13,14). The second-order valence-corrected chi connectivity index (χ2v) is 4.57. The lowest BCUT2D eigenvalue weighted by molar-refractivity contribution is -0.131. The maximum absolute atomic E-state index is 12.1. The third-order valence-electron chi connectivity index (χ3n) is 3.33. The molecule has 0 saturated carbocycles. The molecule has 2 heterocycles. The summed E-state index contributed by atoms with van der Waals surface area (Å²) < 4.78 is 5.06. The van der Waals surface area contributed by atoms with Crippen LogP contribution in [0.5, 0.6) is 0 Å². The molecule has 0 aromatic rings. The lowest BCUT2D eigenvalue weighted by atomic mass is 9.90. The summed E-state index contributed by atoms with van der Waals surface area (Å²) in [6.45, 7) is 4.44. The van der Waals surface area contributed by atoms with Gasteiger partial charge < -0.3 is 15.4 Å². The first-order valence-electron chi connectivity index (χ1n) is 5.90. The molecule has 0 aliphatic carbocycles. The smallest absolute Gasteiger partial charge is 0.240 e. The van der Waals surface area contributed by atoms with Crippen molar-refractivity contribution in [2.24, 2.45) is 0 Å². The van der Waals surface area contributed by atoms with Gasteiger partial charge in [-0.3, -0.25) is 4.79 Å². The first-order valence-corrected chi connectivity index (χ1v) is 5.90. The molecule has 0 radical (unpaired) electrons. The third kappa shape index (κ3) is 2.16. The van der Waals surface area contributed by atoms with Crippen molar-refractivity contribution >= 4 is 5.91 Å². The molecule has 4 heteroatoms. The van der Waals surface area contributed by atoms with Gasteiger partial charge in [0.05, 0.1) is 24.8 Å². The van der Waals surface area contributed by atoms with Gasteiger partial charge in [0.15, 0.2) is 0 Å². The summed E-state index contributed by atoms with van der Waals surface area (Å²) in [5.41, 5.74) is -0.287. The second kappa shape index (κ2) is 4.49. The van der Waals surface area contributed by atoms with E-state index in [1.807, 2.05) is 0 Å². The van der Waals surface area contributed by atoms with Crippen molar-refractivity contribution in [1.29, 1.82) is 0 Å². The minimum atomic E-state index is -0.287. The fourth-order valence-corrected chi connectivity index (χ4v) is 2.40. The number of nitrogens with one attached hydrogen (secondary N) is 2. The van der Waals surface area contributed by atoms with Crippen molar-refractivity contribution in [1.82, 2.24) is 10.6 Å². The minimum absolute atomic E-state index is 0.176. The molecule has 1 atom stereocenters. The van der Waals surface area contributed by atoms with Crippen LogP contribution in [0.3, 0.4) is 0 Å². The van der Waals surface area contributed by atoms with Crippen LogP contribution in [-0.4, -0.2) is 37.2 Å². The molecule has 1 unspecified atom stereocenters. The summed E-state index contributed by atoms with van der Waals surface area (Å²) in [6, 6.07) is 0.244. The average molecular weight is 212 g/mol. The molecule has 2 aliphatic heterocycles. The van der Waals surface area contributed by atoms with Gasteiger partial charge >= 0.3 is 0 Å². The maximum Gasteiger partial charge on any atom is 0.240 e. The van der Waals surface area contributed by atoms with Gasteiger partial charge in [0, 0.05) is 0 Å². The molecule has 0 spiro atoms. The first-order chi connectivity index (χ1) is 7.27. The molecule has 2 N–H and O–H groups in total. The quantitative estimate of drug-likeness (QED) is 0.710. The average Bonchev–Trinajstić information content (AvgIpc) is 2.61. The van der Waals surface area contributed by atoms with Crippen molar-refractivity contribution in [3.8, 4) is 0 Å². The van der Waals surface area contributed by atoms with Crippen molar-refractivity contribution in [2.45, 2.75) is 44.2 Å². The number of ether oxygens (including phenoxy) is 1. The maximum atomic E-state index is 12.1. The lowest BCUT2D eigenvalue weighted by Gasteiger charge is -2.33. The van der Waals surface area contributed by atoms with E-state index < -0.39 is 0 Å². The normalized spacial score (nSPS) is 31.3. The highest BCUT2D eigenvalue weighted by atomic mass is 16.5. The zero-order chi connectivity index (χ0) is 10.7. The minimum Gasteiger partial charge on any atom is -0.377 e. The highest BCUT2D eigenvalue weighted by Crippen LogP contribution is 2.25. The van der Waals surface area contributed by atoms with Crippen LogP contribution in [0.1, 0.15) is 32.6 Å². The Labute approximate surface area is 90.8 Å². The van der Waals surface area contributed by atoms with E-state index in [1.165, 1.54) is 0 Å². The van der Waals surface area contributed by atoms with E-state index in [-0.39, 0.29) is 17.5 Å². The molecule has 0 bridgehead atoms. The molecule has 1 amide bonds. The monoisotopic (exact) mass is 212 g/mol. The van der Waals surface area contributed by atoms with Crippen molar-refractivity contribution in [3.63, 3.8) is 0 Å². The van der Waals surface area contributed by atoms with E-state index in [1.54, 1.807) is 0 Å². The van der Waals surface area contributed by atoms with Crippen LogP contribution in [0.25, 0.3) is 0 Å². The predicted octanol–water partition coefficient (Wildman–Crippen LogP) is 0.424. The largest absolute Gasteiger partial charge is 0.377 e. The number of hydrogen-bond acceptors (Lipinski definition) is 3. The Hall–Kier alpha value is -0.610. The predicted molar refractivity (Wildman–Crippen MR) is 57.6 cm³/mol. The van der Waals surface area contributed by atoms with Crippen molar-refractivity contribution < 1.29 is 9.53 Å². The third-order valence-corrected chi connectivity index (χ3v) is 3.33. The zero-order valence-corrected chi connectivity index (χ0v) is 9.34. The summed E-state index contributed by atoms with van der Waals surface area (Å²) in [5.74, 6) is 0.176. The number of rotatable bonds is 4. The first kappa shape index (κ1) is 10.9. The van der Waals surface area contributed by atoms with Crippen LogP contribution >= 0.6 is 0 Å². The number of amides is 1. The Morgan fingerprint density at radius 3 is 2.87 bits per heavy atom. The Bertz CT molecular complexity index is 233. The van der Waals surface area contributed by atoms with Crippen molar-refractivity contribution in [2.75, 3.05) is 19.8 Å². The molecule has 15 heavy (non-hydrogen) atoms. The highest BCUT2D eigenvalue weighted by Gasteiger charge is 2.41. The Morgan fingerprint density at radius 1 is 1.60 bits per heavy atom. The fourth-order valence-electron chi connectivity index (χ4n) is 2.40. The Morgan fingerprint density at radius 2 is 2.40 bits per heavy atom. The van der Waals surface area contributed by atoms with Gasteiger partial charge in [-0.2, -0.15) is 0 Å². The van der Waals surface area contributed by atoms with Crippen LogP contribution in [0, 0.1) is 0 Å². The van der Waals surface area contributed by atoms with E-state index in [0.29, 0.717) is 13.2 Å². The number of carbonyl (C=O) groups is 1. The van der Waals surface area contributed by atoms with Gasteiger partial charge in [-0.25, -0.2) is 0 Å². The van der Waals surface area contributed by atoms with Crippen LogP contribution in [-0.2, 0) is 9.53 Å². The fraction of sp³-hybridized carbons (Fsp3) is 0.909. The number of carbonyl (C=O) groups excluding carboxylic acids is 1. The van der Waals surface area contributed by atoms with Crippen LogP contribution in [0.4, 0.5) is 0 Å². The highest BCUT2D eigenvalue weighted by molar-refractivity contribution is 5.87. The van der Waals surface area contributed by atoms with Crippen LogP contribution in [0.15, 0.2) is 0 Å². The molecule has 2 fully saturated rings. The van der Waals surface area contributed by atoms with E-state index in [4.69, 9.17) is 4.74 Å². The molecule has 2 saturated heterocycles. The SMILES string of the molecule is CCCC1(C(=O)NC2COC2)CCCN1. The second-order valence-electron chi connectivity index (χ2n) is 4.57. The van der Waals surface area contributed by atoms with E-state index >= 15 is 0 Å². The van der Waals surface area contributed by atoms with E-state index in [9.17, 15) is 4.79 Å². The summed E-state index contributed by atoms with van der Waals surface area (Å²) in [4.78, 5) is 12.1. The molecule has 2 aliphatic rings. The molecule has 0 aromatic heterocycles. The van der Waals surface area contributed by atoms with Crippen molar-refractivity contribution in [3.05, 3.63) is 0 Å². The van der Waals surface area contributed by atoms with Gasteiger partial charge in [0.1, 0.15) is 0 Å². The van der Waals surface area contributed by atoms with Gasteiger partial charge in [-0.05, 0) is 25.8 Å². The molecular weight excluding hydrogens is 192 g/mol. The van der Waals surface area contributed by atoms with Crippen LogP contribution in [0.2, 0.25) is 0 Å². The Balaban J connectivity index is 1.93. The zero-order valence-electron chi connectivity index (χ0n) is 9.34. The van der Waals surface area contributed by atoms with E-state index in [0.717, 1.165) is 32.2 Å². The summed E-state index contributed by atoms with van der Waals surface area (Å²) >= 11 is 0. The molecule has 2 rings (SSSR count). The van der Waals surface area contributed by atoms with Crippen LogP contribution < -0.4 is 10.6 Å². The molecule has 0 aromatic carbocycles. The molecule has 86 valence electrons. The summed E-state index contributed by atoms with van der Waals surface area (Å²) in [6.07, 6.45) is 4.06. The summed E-state index contributed by atoms with van der Waals surface area (Å²) in [7, 11) is 0. The van der Waals surface area contributed by atoms with Gasteiger partial charge in [-0.15, -0.1) is 0 Å².